The first-order valence-corrected chi connectivity index (χ1v) is 9.75. The number of fused-ring (bicyclic) bond motifs is 1. The summed E-state index contributed by atoms with van der Waals surface area (Å²) in [5, 5.41) is 0. The molecule has 138 valence electrons. The average molecular weight is 346 g/mol. The summed E-state index contributed by atoms with van der Waals surface area (Å²) in [6, 6.07) is 2.29. The largest absolute Gasteiger partial charge is 0.378 e. The van der Waals surface area contributed by atoms with E-state index in [2.05, 4.69) is 26.8 Å². The van der Waals surface area contributed by atoms with Gasteiger partial charge in [0, 0.05) is 25.5 Å². The molecule has 3 fully saturated rings. The van der Waals surface area contributed by atoms with Crippen molar-refractivity contribution in [3.8, 4) is 0 Å². The Hall–Kier alpha value is -1.24. The van der Waals surface area contributed by atoms with Crippen molar-refractivity contribution in [2.45, 2.75) is 50.4 Å². The van der Waals surface area contributed by atoms with Crippen molar-refractivity contribution in [2.75, 3.05) is 44.8 Å². The van der Waals surface area contributed by atoms with Crippen LogP contribution in [0.2, 0.25) is 0 Å². The van der Waals surface area contributed by atoms with Crippen LogP contribution in [0.5, 0.6) is 0 Å². The van der Waals surface area contributed by atoms with Crippen molar-refractivity contribution in [3.05, 3.63) is 18.5 Å². The second-order valence-corrected chi connectivity index (χ2v) is 7.76. The fourth-order valence-electron chi connectivity index (χ4n) is 4.40. The Bertz CT molecular complexity index is 535. The van der Waals surface area contributed by atoms with Gasteiger partial charge in [0.25, 0.3) is 0 Å². The first-order valence-electron chi connectivity index (χ1n) is 9.75. The third-order valence-corrected chi connectivity index (χ3v) is 5.94. The van der Waals surface area contributed by atoms with E-state index in [1.54, 1.807) is 0 Å². The minimum absolute atomic E-state index is 0.254. The first kappa shape index (κ1) is 17.2. The number of hydrogen-bond donors (Lipinski definition) is 0. The number of nitrogens with zero attached hydrogens (tertiary/aromatic N) is 4. The third kappa shape index (κ3) is 4.13. The Labute approximate surface area is 150 Å². The molecule has 0 aromatic carbocycles. The molecule has 3 saturated heterocycles. The van der Waals surface area contributed by atoms with Crippen molar-refractivity contribution >= 4 is 5.95 Å². The maximum absolute atomic E-state index is 6.34. The van der Waals surface area contributed by atoms with Gasteiger partial charge in [0.1, 0.15) is 0 Å². The summed E-state index contributed by atoms with van der Waals surface area (Å²) in [7, 11) is 2.20. The van der Waals surface area contributed by atoms with Crippen LogP contribution >= 0.6 is 0 Å². The lowest BCUT2D eigenvalue weighted by atomic mass is 9.98. The van der Waals surface area contributed by atoms with Gasteiger partial charge >= 0.3 is 0 Å². The molecule has 0 unspecified atom stereocenters. The minimum Gasteiger partial charge on any atom is -0.378 e. The quantitative estimate of drug-likeness (QED) is 0.812. The second-order valence-electron chi connectivity index (χ2n) is 7.76. The Morgan fingerprint density at radius 1 is 1.04 bits per heavy atom. The molecule has 0 N–H and O–H groups in total. The van der Waals surface area contributed by atoms with E-state index >= 15 is 0 Å². The highest BCUT2D eigenvalue weighted by molar-refractivity contribution is 5.34. The van der Waals surface area contributed by atoms with Crippen LogP contribution in [-0.4, -0.2) is 73.0 Å². The van der Waals surface area contributed by atoms with Gasteiger partial charge in [-0.25, -0.2) is 9.97 Å². The van der Waals surface area contributed by atoms with E-state index < -0.39 is 0 Å². The van der Waals surface area contributed by atoms with Gasteiger partial charge in [-0.2, -0.15) is 0 Å². The zero-order valence-corrected chi connectivity index (χ0v) is 15.2. The molecule has 4 rings (SSSR count). The lowest BCUT2D eigenvalue weighted by molar-refractivity contribution is -0.0911. The van der Waals surface area contributed by atoms with Gasteiger partial charge in [0.05, 0.1) is 24.9 Å². The number of hydrogen-bond acceptors (Lipinski definition) is 6. The lowest BCUT2D eigenvalue weighted by Crippen LogP contribution is -2.44. The summed E-state index contributed by atoms with van der Waals surface area (Å²) in [6.45, 7) is 5.04. The number of rotatable bonds is 5. The van der Waals surface area contributed by atoms with E-state index in [-0.39, 0.29) is 6.10 Å². The van der Waals surface area contributed by atoms with Crippen LogP contribution in [0, 0.1) is 5.92 Å². The van der Waals surface area contributed by atoms with E-state index in [0.29, 0.717) is 12.1 Å². The molecule has 6 heteroatoms. The molecule has 1 aromatic heterocycles. The smallest absolute Gasteiger partial charge is 0.225 e. The van der Waals surface area contributed by atoms with Gasteiger partial charge < -0.3 is 19.3 Å². The van der Waals surface area contributed by atoms with Crippen LogP contribution in [0.15, 0.2) is 18.5 Å². The summed E-state index contributed by atoms with van der Waals surface area (Å²) in [5.74, 6) is 1.57. The summed E-state index contributed by atoms with van der Waals surface area (Å²) in [5.41, 5.74) is 0. The van der Waals surface area contributed by atoms with Crippen LogP contribution in [0.1, 0.15) is 32.1 Å². The Balaban J connectivity index is 1.21. The number of likely N-dealkylation sites (tertiary alicyclic amines) is 1. The predicted octanol–water partition coefficient (Wildman–Crippen LogP) is 1.96. The van der Waals surface area contributed by atoms with Crippen LogP contribution in [0.4, 0.5) is 5.95 Å². The lowest BCUT2D eigenvalue weighted by Gasteiger charge is -2.36. The van der Waals surface area contributed by atoms with Crippen LogP contribution in [-0.2, 0) is 9.47 Å². The van der Waals surface area contributed by atoms with Gasteiger partial charge in [-0.05, 0) is 64.2 Å². The molecular formula is C19H30N4O2. The summed E-state index contributed by atoms with van der Waals surface area (Å²) in [6.07, 6.45) is 9.99. The summed E-state index contributed by atoms with van der Waals surface area (Å²) < 4.78 is 12.4. The Morgan fingerprint density at radius 2 is 1.84 bits per heavy atom. The molecular weight excluding hydrogens is 316 g/mol. The molecule has 0 spiro atoms. The normalized spacial score (nSPS) is 31.2. The van der Waals surface area contributed by atoms with E-state index in [1.807, 2.05) is 18.5 Å². The molecule has 3 atom stereocenters. The summed E-state index contributed by atoms with van der Waals surface area (Å²) >= 11 is 0. The SMILES string of the molecule is CN1CCC(COC[C@@H]2CC[C@@H]3[C@@H](CCN3c3ncccn3)O2)CC1. The molecule has 6 nitrogen and oxygen atoms in total. The predicted molar refractivity (Wildman–Crippen MR) is 96.7 cm³/mol. The summed E-state index contributed by atoms with van der Waals surface area (Å²) in [4.78, 5) is 13.5. The zero-order chi connectivity index (χ0) is 17.1. The molecule has 4 heterocycles. The van der Waals surface area contributed by atoms with Crippen molar-refractivity contribution in [1.29, 1.82) is 0 Å². The monoisotopic (exact) mass is 346 g/mol. The van der Waals surface area contributed by atoms with Gasteiger partial charge in [-0.15, -0.1) is 0 Å². The Kier molecular flexibility index (Phi) is 5.48. The molecule has 1 aromatic rings. The highest BCUT2D eigenvalue weighted by Crippen LogP contribution is 2.33. The van der Waals surface area contributed by atoms with Crippen molar-refractivity contribution in [3.63, 3.8) is 0 Å². The van der Waals surface area contributed by atoms with E-state index in [4.69, 9.17) is 9.47 Å². The van der Waals surface area contributed by atoms with Gasteiger partial charge in [-0.3, -0.25) is 0 Å². The van der Waals surface area contributed by atoms with Crippen LogP contribution in [0.25, 0.3) is 0 Å². The van der Waals surface area contributed by atoms with Crippen LogP contribution < -0.4 is 4.90 Å². The van der Waals surface area contributed by atoms with Crippen molar-refractivity contribution in [2.24, 2.45) is 5.92 Å². The van der Waals surface area contributed by atoms with Gasteiger partial charge in [0.2, 0.25) is 5.95 Å². The molecule has 25 heavy (non-hydrogen) atoms. The molecule has 0 saturated carbocycles. The number of anilines is 1. The van der Waals surface area contributed by atoms with Gasteiger partial charge in [0.15, 0.2) is 0 Å². The standard InChI is InChI=1S/C19H30N4O2/c1-22-10-5-15(6-11-22)13-24-14-16-3-4-17-18(25-16)7-12-23(17)19-20-8-2-9-21-19/h2,8-9,15-18H,3-7,10-14H2,1H3/t16-,17+,18+/m0/s1. The van der Waals surface area contributed by atoms with Crippen molar-refractivity contribution < 1.29 is 9.47 Å². The fourth-order valence-corrected chi connectivity index (χ4v) is 4.40. The topological polar surface area (TPSA) is 50.7 Å². The van der Waals surface area contributed by atoms with Gasteiger partial charge in [-0.1, -0.05) is 0 Å². The highest BCUT2D eigenvalue weighted by atomic mass is 16.5. The van der Waals surface area contributed by atoms with Crippen LogP contribution in [0.3, 0.4) is 0 Å². The molecule has 3 aliphatic rings. The number of piperidine rings is 1. The minimum atomic E-state index is 0.254. The Morgan fingerprint density at radius 3 is 2.64 bits per heavy atom. The first-order chi connectivity index (χ1) is 12.3. The van der Waals surface area contributed by atoms with E-state index in [9.17, 15) is 0 Å². The van der Waals surface area contributed by atoms with E-state index in [0.717, 1.165) is 50.9 Å². The fraction of sp³-hybridized carbons (Fsp3) is 0.789. The maximum atomic E-state index is 6.34. The average Bonchev–Trinajstić information content (AvgIpc) is 3.07. The second kappa shape index (κ2) is 7.98. The third-order valence-electron chi connectivity index (χ3n) is 5.94. The highest BCUT2D eigenvalue weighted by Gasteiger charge is 2.40. The van der Waals surface area contributed by atoms with E-state index in [1.165, 1.54) is 25.9 Å². The molecule has 0 radical (unpaired) electrons. The number of aromatic nitrogens is 2. The molecule has 0 bridgehead atoms. The zero-order valence-electron chi connectivity index (χ0n) is 15.2. The molecule has 3 aliphatic heterocycles. The number of ether oxygens (including phenoxy) is 2. The maximum Gasteiger partial charge on any atom is 0.225 e. The molecule has 0 aliphatic carbocycles. The van der Waals surface area contributed by atoms with Crippen molar-refractivity contribution in [1.82, 2.24) is 14.9 Å². The molecule has 0 amide bonds.